The van der Waals surface area contributed by atoms with Crippen molar-refractivity contribution < 1.29 is 9.13 Å². The Morgan fingerprint density at radius 2 is 1.94 bits per heavy atom. The van der Waals surface area contributed by atoms with E-state index in [0.717, 1.165) is 11.3 Å². The number of benzene rings is 2. The summed E-state index contributed by atoms with van der Waals surface area (Å²) in [7, 11) is 0. The molecule has 2 heteroatoms. The summed E-state index contributed by atoms with van der Waals surface area (Å²) >= 11 is 0. The first-order valence-corrected chi connectivity index (χ1v) is 5.18. The molecule has 0 heterocycles. The van der Waals surface area contributed by atoms with Gasteiger partial charge >= 0.3 is 0 Å². The van der Waals surface area contributed by atoms with Gasteiger partial charge in [0.2, 0.25) is 0 Å². The van der Waals surface area contributed by atoms with E-state index < -0.39 is 0 Å². The van der Waals surface area contributed by atoms with Crippen molar-refractivity contribution in [3.8, 4) is 5.75 Å². The summed E-state index contributed by atoms with van der Waals surface area (Å²) in [5.41, 5.74) is 0.947. The second-order valence-corrected chi connectivity index (χ2v) is 3.46. The molecule has 1 radical (unpaired) electrons. The van der Waals surface area contributed by atoms with Crippen molar-refractivity contribution in [2.24, 2.45) is 0 Å². The van der Waals surface area contributed by atoms with E-state index in [1.807, 2.05) is 18.2 Å². The van der Waals surface area contributed by atoms with Crippen LogP contribution in [-0.2, 0) is 6.42 Å². The third-order valence-corrected chi connectivity index (χ3v) is 2.24. The smallest absolute Gasteiger partial charge is 0.123 e. The summed E-state index contributed by atoms with van der Waals surface area (Å²) in [6, 6.07) is 16.8. The van der Waals surface area contributed by atoms with Crippen LogP contribution in [-0.4, -0.2) is 6.61 Å². The van der Waals surface area contributed by atoms with E-state index in [9.17, 15) is 4.39 Å². The van der Waals surface area contributed by atoms with Crippen LogP contribution in [0, 0.1) is 11.9 Å². The highest BCUT2D eigenvalue weighted by molar-refractivity contribution is 5.21. The maximum absolute atomic E-state index is 12.9. The van der Waals surface area contributed by atoms with E-state index in [0.29, 0.717) is 13.0 Å². The Hall–Kier alpha value is -1.83. The summed E-state index contributed by atoms with van der Waals surface area (Å²) < 4.78 is 18.4. The van der Waals surface area contributed by atoms with Crippen LogP contribution in [0.15, 0.2) is 48.5 Å². The lowest BCUT2D eigenvalue weighted by Gasteiger charge is -2.05. The lowest BCUT2D eigenvalue weighted by molar-refractivity contribution is 0.322. The molecule has 0 unspecified atom stereocenters. The maximum atomic E-state index is 12.9. The van der Waals surface area contributed by atoms with Gasteiger partial charge in [0.05, 0.1) is 6.61 Å². The maximum Gasteiger partial charge on any atom is 0.123 e. The van der Waals surface area contributed by atoms with Crippen molar-refractivity contribution in [1.29, 1.82) is 0 Å². The predicted molar refractivity (Wildman–Crippen MR) is 60.9 cm³/mol. The van der Waals surface area contributed by atoms with Gasteiger partial charge in [-0.2, -0.15) is 0 Å². The highest BCUT2D eigenvalue weighted by Gasteiger charge is 1.96. The van der Waals surface area contributed by atoms with Crippen molar-refractivity contribution in [3.63, 3.8) is 0 Å². The molecule has 0 spiro atoms. The van der Waals surface area contributed by atoms with Crippen LogP contribution in [0.1, 0.15) is 5.56 Å². The molecule has 0 fully saturated rings. The van der Waals surface area contributed by atoms with Gasteiger partial charge in [-0.15, -0.1) is 0 Å². The van der Waals surface area contributed by atoms with Crippen LogP contribution in [0.5, 0.6) is 5.75 Å². The summed E-state index contributed by atoms with van der Waals surface area (Å²) in [5, 5.41) is 0. The largest absolute Gasteiger partial charge is 0.493 e. The molecule has 0 aliphatic heterocycles. The van der Waals surface area contributed by atoms with Crippen molar-refractivity contribution in [1.82, 2.24) is 0 Å². The quantitative estimate of drug-likeness (QED) is 0.760. The van der Waals surface area contributed by atoms with Crippen LogP contribution in [0.2, 0.25) is 0 Å². The Morgan fingerprint density at radius 3 is 2.69 bits per heavy atom. The molecule has 0 atom stereocenters. The third-order valence-electron chi connectivity index (χ3n) is 2.24. The van der Waals surface area contributed by atoms with Crippen molar-refractivity contribution in [2.75, 3.05) is 6.61 Å². The number of halogens is 1. The highest BCUT2D eigenvalue weighted by atomic mass is 19.1. The number of ether oxygens (including phenoxy) is 1. The second kappa shape index (κ2) is 5.31. The van der Waals surface area contributed by atoms with E-state index >= 15 is 0 Å². The van der Waals surface area contributed by atoms with Gasteiger partial charge < -0.3 is 4.74 Å². The first-order valence-electron chi connectivity index (χ1n) is 5.18. The Balaban J connectivity index is 1.85. The van der Waals surface area contributed by atoms with Crippen molar-refractivity contribution >= 4 is 0 Å². The number of rotatable bonds is 4. The average Bonchev–Trinajstić information content (AvgIpc) is 2.30. The van der Waals surface area contributed by atoms with E-state index in [1.54, 1.807) is 18.2 Å². The lowest BCUT2D eigenvalue weighted by Crippen LogP contribution is -2.01. The summed E-state index contributed by atoms with van der Waals surface area (Å²) in [6.07, 6.45) is 0.705. The van der Waals surface area contributed by atoms with E-state index in [2.05, 4.69) is 6.07 Å². The lowest BCUT2D eigenvalue weighted by atomic mass is 10.1. The third kappa shape index (κ3) is 3.09. The molecule has 0 N–H and O–H groups in total. The molecular formula is C14H12FO. The van der Waals surface area contributed by atoms with Gasteiger partial charge in [-0.3, -0.25) is 0 Å². The van der Waals surface area contributed by atoms with E-state index in [-0.39, 0.29) is 5.82 Å². The fraction of sp³-hybridized carbons (Fsp3) is 0.143. The molecule has 0 bridgehead atoms. The van der Waals surface area contributed by atoms with Gasteiger partial charge in [0.1, 0.15) is 11.6 Å². The molecule has 0 aliphatic rings. The molecule has 0 saturated heterocycles. The first kappa shape index (κ1) is 10.7. The molecule has 0 aliphatic carbocycles. The molecule has 0 saturated carbocycles. The zero-order chi connectivity index (χ0) is 11.2. The van der Waals surface area contributed by atoms with Crippen LogP contribution in [0.4, 0.5) is 4.39 Å². The standard InChI is InChI=1S/C14H12FO/c15-13-6-4-5-12(11-13)9-10-16-14-7-2-1-3-8-14/h2-8,11H,9-10H2. The normalized spacial score (nSPS) is 10.1. The minimum atomic E-state index is -0.202. The minimum absolute atomic E-state index is 0.202. The minimum Gasteiger partial charge on any atom is -0.493 e. The summed E-state index contributed by atoms with van der Waals surface area (Å²) in [4.78, 5) is 0. The molecule has 1 nitrogen and oxygen atoms in total. The molecule has 2 aromatic carbocycles. The van der Waals surface area contributed by atoms with Crippen LogP contribution >= 0.6 is 0 Å². The van der Waals surface area contributed by atoms with E-state index in [4.69, 9.17) is 4.74 Å². The van der Waals surface area contributed by atoms with Gasteiger partial charge in [-0.05, 0) is 35.9 Å². The first-order chi connectivity index (χ1) is 7.84. The molecule has 2 rings (SSSR count). The van der Waals surface area contributed by atoms with E-state index in [1.165, 1.54) is 12.1 Å². The molecule has 0 amide bonds. The monoisotopic (exact) mass is 215 g/mol. The highest BCUT2D eigenvalue weighted by Crippen LogP contribution is 2.09. The van der Waals surface area contributed by atoms with Gasteiger partial charge in [-0.1, -0.05) is 24.3 Å². The van der Waals surface area contributed by atoms with Gasteiger partial charge in [0, 0.05) is 6.42 Å². The average molecular weight is 215 g/mol. The van der Waals surface area contributed by atoms with Crippen LogP contribution in [0.3, 0.4) is 0 Å². The van der Waals surface area contributed by atoms with Crippen LogP contribution in [0.25, 0.3) is 0 Å². The Bertz CT molecular complexity index is 439. The Labute approximate surface area is 94.5 Å². The fourth-order valence-electron chi connectivity index (χ4n) is 1.45. The second-order valence-electron chi connectivity index (χ2n) is 3.46. The predicted octanol–water partition coefficient (Wildman–Crippen LogP) is 3.25. The van der Waals surface area contributed by atoms with Crippen molar-refractivity contribution in [3.05, 3.63) is 66.0 Å². The topological polar surface area (TPSA) is 9.23 Å². The molecule has 81 valence electrons. The number of hydrogen-bond acceptors (Lipinski definition) is 1. The summed E-state index contributed by atoms with van der Waals surface area (Å²) in [6.45, 7) is 0.549. The van der Waals surface area contributed by atoms with Gasteiger partial charge in [0.25, 0.3) is 0 Å². The van der Waals surface area contributed by atoms with Gasteiger partial charge in [-0.25, -0.2) is 4.39 Å². The number of hydrogen-bond donors (Lipinski definition) is 0. The van der Waals surface area contributed by atoms with Crippen molar-refractivity contribution in [2.45, 2.75) is 6.42 Å². The zero-order valence-electron chi connectivity index (χ0n) is 8.82. The summed E-state index contributed by atoms with van der Waals surface area (Å²) in [5.74, 6) is 0.613. The van der Waals surface area contributed by atoms with Gasteiger partial charge in [0.15, 0.2) is 0 Å². The SMILES string of the molecule is Fc1cccc(CCOc2cc[c]cc2)c1. The molecule has 16 heavy (non-hydrogen) atoms. The molecule has 0 aromatic heterocycles. The Morgan fingerprint density at radius 1 is 1.12 bits per heavy atom. The molecular weight excluding hydrogens is 203 g/mol. The Kier molecular flexibility index (Phi) is 3.54. The molecule has 2 aromatic rings. The van der Waals surface area contributed by atoms with Crippen LogP contribution < -0.4 is 4.74 Å². The fourth-order valence-corrected chi connectivity index (χ4v) is 1.45. The zero-order valence-corrected chi connectivity index (χ0v) is 8.82.